The Morgan fingerprint density at radius 2 is 1.63 bits per heavy atom. The van der Waals surface area contributed by atoms with Crippen molar-refractivity contribution in [2.75, 3.05) is 0 Å². The molecule has 0 amide bonds. The summed E-state index contributed by atoms with van der Waals surface area (Å²) in [5.41, 5.74) is 2.82. The van der Waals surface area contributed by atoms with E-state index in [2.05, 4.69) is 53.7 Å². The van der Waals surface area contributed by atoms with E-state index in [1.807, 2.05) is 0 Å². The van der Waals surface area contributed by atoms with Gasteiger partial charge in [-0.25, -0.2) is 0 Å². The van der Waals surface area contributed by atoms with Crippen molar-refractivity contribution in [1.29, 1.82) is 0 Å². The van der Waals surface area contributed by atoms with Crippen LogP contribution in [0, 0.1) is 17.3 Å². The number of hydrogen-bond donors (Lipinski definition) is 0. The highest BCUT2D eigenvalue weighted by atomic mass is 16.1. The SMILES string of the molecule is CC(C)=CCC1C(=O)CC[C@H](CC=C(C)C)C1(C)C. The van der Waals surface area contributed by atoms with Crippen molar-refractivity contribution < 1.29 is 4.79 Å². The fourth-order valence-electron chi connectivity index (χ4n) is 3.15. The van der Waals surface area contributed by atoms with E-state index < -0.39 is 0 Å². The van der Waals surface area contributed by atoms with E-state index >= 15 is 0 Å². The number of hydrogen-bond acceptors (Lipinski definition) is 1. The molecule has 0 aliphatic heterocycles. The fraction of sp³-hybridized carbons (Fsp3) is 0.722. The lowest BCUT2D eigenvalue weighted by Crippen LogP contribution is -2.41. The Morgan fingerprint density at radius 1 is 1.11 bits per heavy atom. The Bertz CT molecular complexity index is 376. The zero-order chi connectivity index (χ0) is 14.6. The van der Waals surface area contributed by atoms with Crippen LogP contribution in [0.2, 0.25) is 0 Å². The smallest absolute Gasteiger partial charge is 0.136 e. The highest BCUT2D eigenvalue weighted by molar-refractivity contribution is 5.82. The minimum Gasteiger partial charge on any atom is -0.299 e. The third kappa shape index (κ3) is 4.33. The van der Waals surface area contributed by atoms with Crippen molar-refractivity contribution in [2.45, 2.75) is 67.2 Å². The molecule has 0 aromatic rings. The highest BCUT2D eigenvalue weighted by Gasteiger charge is 2.43. The average molecular weight is 262 g/mol. The number of allylic oxidation sites excluding steroid dienone is 4. The predicted octanol–water partition coefficient (Wildman–Crippen LogP) is 5.32. The molecule has 19 heavy (non-hydrogen) atoms. The minimum atomic E-state index is 0.118. The summed E-state index contributed by atoms with van der Waals surface area (Å²) in [4.78, 5) is 12.3. The van der Waals surface area contributed by atoms with Crippen LogP contribution in [0.1, 0.15) is 67.2 Å². The van der Waals surface area contributed by atoms with Crippen LogP contribution < -0.4 is 0 Å². The Balaban J connectivity index is 2.86. The molecule has 1 aliphatic rings. The van der Waals surface area contributed by atoms with Crippen molar-refractivity contribution in [2.24, 2.45) is 17.3 Å². The summed E-state index contributed by atoms with van der Waals surface area (Å²) in [6.45, 7) is 13.1. The monoisotopic (exact) mass is 262 g/mol. The first-order chi connectivity index (χ1) is 8.75. The van der Waals surface area contributed by atoms with Crippen molar-refractivity contribution in [3.8, 4) is 0 Å². The molecule has 0 bridgehead atoms. The van der Waals surface area contributed by atoms with E-state index in [1.54, 1.807) is 0 Å². The lowest BCUT2D eigenvalue weighted by molar-refractivity contribution is -0.132. The van der Waals surface area contributed by atoms with Gasteiger partial charge in [0.2, 0.25) is 0 Å². The van der Waals surface area contributed by atoms with Gasteiger partial charge in [0.1, 0.15) is 5.78 Å². The van der Waals surface area contributed by atoms with E-state index in [4.69, 9.17) is 0 Å². The number of carbonyl (C=O) groups excluding carboxylic acids is 1. The van der Waals surface area contributed by atoms with Gasteiger partial charge in [0.05, 0.1) is 0 Å². The molecule has 0 saturated heterocycles. The van der Waals surface area contributed by atoms with Crippen molar-refractivity contribution in [3.05, 3.63) is 23.3 Å². The van der Waals surface area contributed by atoms with Crippen LogP contribution in [0.25, 0.3) is 0 Å². The third-order valence-electron chi connectivity index (χ3n) is 4.65. The molecule has 1 rings (SSSR count). The number of ketones is 1. The molecule has 1 aliphatic carbocycles. The lowest BCUT2D eigenvalue weighted by Gasteiger charge is -2.44. The summed E-state index contributed by atoms with van der Waals surface area (Å²) in [7, 11) is 0. The van der Waals surface area contributed by atoms with E-state index in [9.17, 15) is 4.79 Å². The minimum absolute atomic E-state index is 0.118. The van der Waals surface area contributed by atoms with Gasteiger partial charge in [-0.3, -0.25) is 4.79 Å². The molecule has 0 aromatic carbocycles. The zero-order valence-electron chi connectivity index (χ0n) is 13.5. The molecule has 108 valence electrons. The van der Waals surface area contributed by atoms with E-state index in [0.717, 1.165) is 25.7 Å². The van der Waals surface area contributed by atoms with Gasteiger partial charge in [0.25, 0.3) is 0 Å². The Labute approximate surface area is 119 Å². The molecule has 0 radical (unpaired) electrons. The molecule has 1 nitrogen and oxygen atoms in total. The molecule has 2 atom stereocenters. The van der Waals surface area contributed by atoms with E-state index in [-0.39, 0.29) is 11.3 Å². The molecule has 1 unspecified atom stereocenters. The topological polar surface area (TPSA) is 17.1 Å². The standard InChI is InChI=1S/C18H30O/c1-13(2)7-9-15-10-12-17(19)16(18(15,5)6)11-8-14(3)4/h7-8,15-16H,9-12H2,1-6H3/t15-,16?/m0/s1. The van der Waals surface area contributed by atoms with E-state index in [1.165, 1.54) is 11.1 Å². The van der Waals surface area contributed by atoms with Gasteiger partial charge < -0.3 is 0 Å². The first-order valence-corrected chi connectivity index (χ1v) is 7.54. The van der Waals surface area contributed by atoms with Crippen LogP contribution in [0.4, 0.5) is 0 Å². The predicted molar refractivity (Wildman–Crippen MR) is 83.1 cm³/mol. The summed E-state index contributed by atoms with van der Waals surface area (Å²) in [5.74, 6) is 1.30. The largest absolute Gasteiger partial charge is 0.299 e. The van der Waals surface area contributed by atoms with Gasteiger partial charge in [0, 0.05) is 12.3 Å². The van der Waals surface area contributed by atoms with Gasteiger partial charge in [-0.1, -0.05) is 37.1 Å². The average Bonchev–Trinajstić information content (AvgIpc) is 2.26. The van der Waals surface area contributed by atoms with Crippen molar-refractivity contribution in [3.63, 3.8) is 0 Å². The molecular weight excluding hydrogens is 232 g/mol. The molecule has 0 spiro atoms. The van der Waals surface area contributed by atoms with Crippen LogP contribution >= 0.6 is 0 Å². The normalized spacial score (nSPS) is 25.9. The van der Waals surface area contributed by atoms with Gasteiger partial charge in [-0.2, -0.15) is 0 Å². The molecule has 1 saturated carbocycles. The lowest BCUT2D eigenvalue weighted by atomic mass is 9.59. The molecular formula is C18H30O. The summed E-state index contributed by atoms with van der Waals surface area (Å²) >= 11 is 0. The van der Waals surface area contributed by atoms with Gasteiger partial charge in [-0.05, 0) is 58.3 Å². The third-order valence-corrected chi connectivity index (χ3v) is 4.65. The molecule has 1 heteroatoms. The highest BCUT2D eigenvalue weighted by Crippen LogP contribution is 2.46. The van der Waals surface area contributed by atoms with Crippen LogP contribution in [0.5, 0.6) is 0 Å². The molecule has 1 fully saturated rings. The summed E-state index contributed by atoms with van der Waals surface area (Å²) in [5, 5.41) is 0. The quantitative estimate of drug-likeness (QED) is 0.627. The van der Waals surface area contributed by atoms with Gasteiger partial charge in [0.15, 0.2) is 0 Å². The van der Waals surface area contributed by atoms with Crippen LogP contribution in [-0.2, 0) is 4.79 Å². The molecule has 0 N–H and O–H groups in total. The number of carbonyl (C=O) groups is 1. The Hall–Kier alpha value is -0.850. The van der Waals surface area contributed by atoms with Crippen LogP contribution in [-0.4, -0.2) is 5.78 Å². The summed E-state index contributed by atoms with van der Waals surface area (Å²) in [6, 6.07) is 0. The maximum Gasteiger partial charge on any atom is 0.136 e. The van der Waals surface area contributed by atoms with Crippen molar-refractivity contribution in [1.82, 2.24) is 0 Å². The number of rotatable bonds is 4. The molecule has 0 heterocycles. The summed E-state index contributed by atoms with van der Waals surface area (Å²) in [6.07, 6.45) is 8.42. The second kappa shape index (κ2) is 6.54. The first-order valence-electron chi connectivity index (χ1n) is 7.54. The second-order valence-electron chi connectivity index (χ2n) is 7.11. The maximum absolute atomic E-state index is 12.3. The Kier molecular flexibility index (Phi) is 5.58. The first kappa shape index (κ1) is 16.2. The van der Waals surface area contributed by atoms with Gasteiger partial charge >= 0.3 is 0 Å². The maximum atomic E-state index is 12.3. The second-order valence-corrected chi connectivity index (χ2v) is 7.11. The Morgan fingerprint density at radius 3 is 2.16 bits per heavy atom. The van der Waals surface area contributed by atoms with Crippen LogP contribution in [0.15, 0.2) is 23.3 Å². The van der Waals surface area contributed by atoms with Crippen molar-refractivity contribution >= 4 is 5.78 Å². The molecule has 0 aromatic heterocycles. The fourth-order valence-corrected chi connectivity index (χ4v) is 3.15. The zero-order valence-corrected chi connectivity index (χ0v) is 13.5. The number of Topliss-reactive ketones (excluding diaryl/α,β-unsaturated/α-hetero) is 1. The van der Waals surface area contributed by atoms with Gasteiger partial charge in [-0.15, -0.1) is 0 Å². The summed E-state index contributed by atoms with van der Waals surface area (Å²) < 4.78 is 0. The van der Waals surface area contributed by atoms with Crippen LogP contribution in [0.3, 0.4) is 0 Å². The van der Waals surface area contributed by atoms with E-state index in [0.29, 0.717) is 11.7 Å².